The van der Waals surface area contributed by atoms with Crippen LogP contribution < -0.4 is 26.6 Å². The number of piperidine rings is 3. The smallest absolute Gasteiger partial charge is 0.415 e. The van der Waals surface area contributed by atoms with E-state index in [1.807, 2.05) is 61.5 Å². The van der Waals surface area contributed by atoms with Gasteiger partial charge in [0.1, 0.15) is 25.4 Å². The number of ether oxygens (including phenoxy) is 2. The number of carbonyl (C=O) groups excluding carboxylic acids is 1. The van der Waals surface area contributed by atoms with Crippen molar-refractivity contribution < 1.29 is 44.5 Å². The zero-order chi connectivity index (χ0) is 25.8. The third-order valence-electron chi connectivity index (χ3n) is 7.73. The van der Waals surface area contributed by atoms with E-state index in [0.29, 0.717) is 23.8 Å². The molecule has 3 aliphatic heterocycles. The monoisotopic (exact) mass is 586 g/mol. The molecule has 0 spiro atoms. The molecule has 0 radical (unpaired) electrons. The van der Waals surface area contributed by atoms with E-state index in [0.717, 1.165) is 66.9 Å². The maximum Gasteiger partial charge on any atom is 0.415 e. The predicted octanol–water partition coefficient (Wildman–Crippen LogP) is 3.11. The average molecular weight is 588 g/mol. The minimum Gasteiger partial charge on any atom is -1.00 e. The van der Waals surface area contributed by atoms with Crippen LogP contribution in [-0.2, 0) is 11.3 Å². The van der Waals surface area contributed by atoms with E-state index in [1.165, 1.54) is 11.0 Å². The molecular weight excluding hydrogens is 554 g/mol. The molecule has 3 aromatic rings. The van der Waals surface area contributed by atoms with E-state index in [9.17, 15) is 13.6 Å². The fourth-order valence-corrected chi connectivity index (χ4v) is 5.61. The number of fused-ring (bicyclic) bond motifs is 3. The van der Waals surface area contributed by atoms with Crippen LogP contribution in [0.25, 0.3) is 0 Å². The number of nitrogens with zero attached hydrogens (tertiary/aromatic N) is 2. The quantitative estimate of drug-likeness (QED) is 0.381. The summed E-state index contributed by atoms with van der Waals surface area (Å²) >= 11 is 0. The molecule has 3 saturated heterocycles. The maximum atomic E-state index is 13.9. The van der Waals surface area contributed by atoms with Crippen molar-refractivity contribution in [3.63, 3.8) is 0 Å². The molecule has 3 heterocycles. The summed E-state index contributed by atoms with van der Waals surface area (Å²) in [6, 6.07) is 21.1. The molecule has 3 fully saturated rings. The first kappa shape index (κ1) is 28.0. The molecule has 0 N–H and O–H groups in total. The summed E-state index contributed by atoms with van der Waals surface area (Å²) in [4.78, 5) is 15.1. The van der Waals surface area contributed by atoms with Gasteiger partial charge in [-0.25, -0.2) is 13.6 Å². The van der Waals surface area contributed by atoms with E-state index >= 15 is 0 Å². The Hall–Kier alpha value is -2.97. The highest BCUT2D eigenvalue weighted by molar-refractivity contribution is 5.87. The molecule has 38 heavy (non-hydrogen) atoms. The largest absolute Gasteiger partial charge is 1.00 e. The van der Waals surface area contributed by atoms with Crippen molar-refractivity contribution in [3.05, 3.63) is 95.6 Å². The number of hydrogen-bond donors (Lipinski definition) is 0. The Balaban J connectivity index is 0.00000336. The SMILES string of the molecule is Cc1cccc(N(Cc2ccc(F)c(F)c2)C(=O)O[C@H]2C[N+]3(CCOc4ccccc4)CCC2CC3)c1.[Br-]. The fourth-order valence-electron chi connectivity index (χ4n) is 5.61. The number of amides is 1. The second-order valence-electron chi connectivity index (χ2n) is 10.3. The highest BCUT2D eigenvalue weighted by atomic mass is 79.9. The number of rotatable bonds is 8. The van der Waals surface area contributed by atoms with Crippen molar-refractivity contribution in [3.8, 4) is 5.75 Å². The molecule has 8 heteroatoms. The van der Waals surface area contributed by atoms with Crippen LogP contribution in [0.1, 0.15) is 24.0 Å². The van der Waals surface area contributed by atoms with Crippen molar-refractivity contribution in [2.24, 2.45) is 5.92 Å². The second kappa shape index (κ2) is 12.3. The van der Waals surface area contributed by atoms with Crippen molar-refractivity contribution in [1.29, 1.82) is 0 Å². The number of anilines is 1. The number of halogens is 3. The van der Waals surface area contributed by atoms with Crippen LogP contribution in [0, 0.1) is 24.5 Å². The number of hydrogen-bond acceptors (Lipinski definition) is 3. The van der Waals surface area contributed by atoms with Crippen LogP contribution in [0.5, 0.6) is 5.75 Å². The number of para-hydroxylation sites is 1. The molecule has 0 unspecified atom stereocenters. The molecule has 202 valence electrons. The Morgan fingerprint density at radius 2 is 1.74 bits per heavy atom. The van der Waals surface area contributed by atoms with Gasteiger partial charge in [0.2, 0.25) is 0 Å². The van der Waals surface area contributed by atoms with Gasteiger partial charge in [-0.2, -0.15) is 0 Å². The normalized spacial score (nSPS) is 21.9. The third kappa shape index (κ3) is 6.53. The van der Waals surface area contributed by atoms with Crippen LogP contribution in [-0.4, -0.2) is 49.5 Å². The van der Waals surface area contributed by atoms with Gasteiger partial charge in [0.15, 0.2) is 17.7 Å². The third-order valence-corrected chi connectivity index (χ3v) is 7.73. The van der Waals surface area contributed by atoms with Gasteiger partial charge in [-0.05, 0) is 54.4 Å². The summed E-state index contributed by atoms with van der Waals surface area (Å²) in [5.41, 5.74) is 2.15. The molecule has 0 aliphatic carbocycles. The highest BCUT2D eigenvalue weighted by Gasteiger charge is 2.48. The Kier molecular flexibility index (Phi) is 9.05. The van der Waals surface area contributed by atoms with Crippen LogP contribution in [0.4, 0.5) is 19.3 Å². The van der Waals surface area contributed by atoms with E-state index in [1.54, 1.807) is 0 Å². The molecule has 3 aliphatic rings. The lowest BCUT2D eigenvalue weighted by molar-refractivity contribution is -0.946. The zero-order valence-corrected chi connectivity index (χ0v) is 23.1. The van der Waals surface area contributed by atoms with Gasteiger partial charge >= 0.3 is 6.09 Å². The first-order valence-electron chi connectivity index (χ1n) is 12.9. The number of quaternary nitrogens is 1. The van der Waals surface area contributed by atoms with Gasteiger partial charge in [-0.3, -0.25) is 4.90 Å². The molecular formula is C30H33BrF2N2O3. The molecule has 2 bridgehead atoms. The lowest BCUT2D eigenvalue weighted by Crippen LogP contribution is -3.00. The second-order valence-corrected chi connectivity index (χ2v) is 10.3. The molecule has 1 amide bonds. The van der Waals surface area contributed by atoms with E-state index in [4.69, 9.17) is 9.47 Å². The zero-order valence-electron chi connectivity index (χ0n) is 21.5. The predicted molar refractivity (Wildman–Crippen MR) is 138 cm³/mol. The fraction of sp³-hybridized carbons (Fsp3) is 0.367. The van der Waals surface area contributed by atoms with E-state index in [2.05, 4.69) is 0 Å². The summed E-state index contributed by atoms with van der Waals surface area (Å²) in [7, 11) is 0. The van der Waals surface area contributed by atoms with Crippen LogP contribution in [0.15, 0.2) is 72.8 Å². The van der Waals surface area contributed by atoms with Crippen LogP contribution in [0.2, 0.25) is 0 Å². The first-order chi connectivity index (χ1) is 17.9. The van der Waals surface area contributed by atoms with Gasteiger partial charge in [-0.15, -0.1) is 0 Å². The minimum atomic E-state index is -0.934. The van der Waals surface area contributed by atoms with Crippen molar-refractivity contribution >= 4 is 11.8 Å². The molecule has 1 atom stereocenters. The molecule has 5 nitrogen and oxygen atoms in total. The highest BCUT2D eigenvalue weighted by Crippen LogP contribution is 2.36. The standard InChI is InChI=1S/C30H33F2N2O3.BrH/c1-22-6-5-7-25(18-22)33(20-23-10-11-27(31)28(32)19-23)30(35)37-29-21-34(14-12-24(29)13-15-34)16-17-36-26-8-3-2-4-9-26;/h2-11,18-19,24,29H,12-17,20-21H2,1H3;1H/q+1;/p-1/t24?,29-,34?;/m0./s1. The van der Waals surface area contributed by atoms with Crippen LogP contribution >= 0.6 is 0 Å². The molecule has 6 rings (SSSR count). The lowest BCUT2D eigenvalue weighted by atomic mass is 9.83. The lowest BCUT2D eigenvalue weighted by Gasteiger charge is -2.52. The Bertz CT molecular complexity index is 1240. The minimum absolute atomic E-state index is 0. The summed E-state index contributed by atoms with van der Waals surface area (Å²) in [6.07, 6.45) is 1.37. The number of benzene rings is 3. The van der Waals surface area contributed by atoms with Gasteiger partial charge < -0.3 is 30.9 Å². The molecule has 0 saturated carbocycles. The average Bonchev–Trinajstić information content (AvgIpc) is 2.90. The maximum absolute atomic E-state index is 13.9. The van der Waals surface area contributed by atoms with Gasteiger partial charge in [-0.1, -0.05) is 36.4 Å². The summed E-state index contributed by atoms with van der Waals surface area (Å²) in [5, 5.41) is 0. The van der Waals surface area contributed by atoms with Gasteiger partial charge in [0, 0.05) is 24.4 Å². The van der Waals surface area contributed by atoms with E-state index in [-0.39, 0.29) is 29.6 Å². The topological polar surface area (TPSA) is 38.8 Å². The Labute approximate surface area is 233 Å². The number of aryl methyl sites for hydroxylation is 1. The summed E-state index contributed by atoms with van der Waals surface area (Å²) < 4.78 is 40.4. The number of carbonyl (C=O) groups is 1. The van der Waals surface area contributed by atoms with Gasteiger partial charge in [0.05, 0.1) is 19.6 Å². The van der Waals surface area contributed by atoms with Gasteiger partial charge in [0.25, 0.3) is 0 Å². The molecule has 0 aromatic heterocycles. The Morgan fingerprint density at radius 1 is 0.974 bits per heavy atom. The van der Waals surface area contributed by atoms with E-state index < -0.39 is 17.7 Å². The Morgan fingerprint density at radius 3 is 2.45 bits per heavy atom. The van der Waals surface area contributed by atoms with Crippen LogP contribution in [0.3, 0.4) is 0 Å². The van der Waals surface area contributed by atoms with Crippen molar-refractivity contribution in [1.82, 2.24) is 0 Å². The molecule has 3 aromatic carbocycles. The summed E-state index contributed by atoms with van der Waals surface area (Å²) in [5.74, 6) is -0.647. The first-order valence-corrected chi connectivity index (χ1v) is 12.9. The van der Waals surface area contributed by atoms with Crippen molar-refractivity contribution in [2.45, 2.75) is 32.4 Å². The summed E-state index contributed by atoms with van der Waals surface area (Å²) in [6.45, 7) is 6.40. The van der Waals surface area contributed by atoms with Crippen molar-refractivity contribution in [2.75, 3.05) is 37.7 Å².